The Bertz CT molecular complexity index is 555. The highest BCUT2D eigenvalue weighted by Gasteiger charge is 2.28. The second-order valence-electron chi connectivity index (χ2n) is 7.73. The first-order valence-electron chi connectivity index (χ1n) is 10.1. The van der Waals surface area contributed by atoms with E-state index in [9.17, 15) is 0 Å². The highest BCUT2D eigenvalue weighted by Crippen LogP contribution is 2.15. The van der Waals surface area contributed by atoms with E-state index in [1.54, 1.807) is 0 Å². The molecule has 0 radical (unpaired) electrons. The van der Waals surface area contributed by atoms with Crippen LogP contribution < -0.4 is 15.5 Å². The predicted molar refractivity (Wildman–Crippen MR) is 115 cm³/mol. The van der Waals surface area contributed by atoms with Gasteiger partial charge in [0.05, 0.1) is 13.2 Å². The Labute approximate surface area is 165 Å². The summed E-state index contributed by atoms with van der Waals surface area (Å²) in [6.45, 7) is 11.1. The van der Waals surface area contributed by atoms with Crippen molar-refractivity contribution in [1.82, 2.24) is 15.5 Å². The zero-order chi connectivity index (χ0) is 19.5. The van der Waals surface area contributed by atoms with Crippen LogP contribution in [0.3, 0.4) is 0 Å². The topological polar surface area (TPSA) is 52.1 Å². The molecule has 1 aromatic rings. The van der Waals surface area contributed by atoms with Crippen LogP contribution in [0.25, 0.3) is 0 Å². The monoisotopic (exact) mass is 375 g/mol. The number of hydrogen-bond donors (Lipinski definition) is 2. The van der Waals surface area contributed by atoms with E-state index in [0.29, 0.717) is 0 Å². The SMILES string of the molecule is CN=C(NCCCCN(C)c1ccccc1)NCC(C)(C)N1CCOCC1. The van der Waals surface area contributed by atoms with Gasteiger partial charge in [0.2, 0.25) is 0 Å². The van der Waals surface area contributed by atoms with Gasteiger partial charge in [-0.15, -0.1) is 0 Å². The summed E-state index contributed by atoms with van der Waals surface area (Å²) in [5, 5.41) is 6.91. The summed E-state index contributed by atoms with van der Waals surface area (Å²) in [7, 11) is 3.98. The summed E-state index contributed by atoms with van der Waals surface area (Å²) in [4.78, 5) is 9.14. The molecule has 1 aliphatic heterocycles. The molecular formula is C21H37N5O. The maximum atomic E-state index is 5.46. The number of nitrogens with zero attached hydrogens (tertiary/aromatic N) is 3. The van der Waals surface area contributed by atoms with Gasteiger partial charge in [0.25, 0.3) is 0 Å². The van der Waals surface area contributed by atoms with Crippen LogP contribution in [0.2, 0.25) is 0 Å². The highest BCUT2D eigenvalue weighted by atomic mass is 16.5. The van der Waals surface area contributed by atoms with Gasteiger partial charge in [-0.05, 0) is 38.8 Å². The van der Waals surface area contributed by atoms with Gasteiger partial charge in [0.15, 0.2) is 5.96 Å². The minimum absolute atomic E-state index is 0.0831. The molecule has 1 saturated heterocycles. The number of aliphatic imine (C=N–C) groups is 1. The molecule has 6 nitrogen and oxygen atoms in total. The van der Waals surface area contributed by atoms with Crippen molar-refractivity contribution in [2.75, 3.05) is 64.9 Å². The molecule has 152 valence electrons. The van der Waals surface area contributed by atoms with E-state index in [2.05, 4.69) is 76.7 Å². The first-order valence-corrected chi connectivity index (χ1v) is 10.1. The third-order valence-electron chi connectivity index (χ3n) is 5.19. The van der Waals surface area contributed by atoms with Gasteiger partial charge in [-0.25, -0.2) is 0 Å². The average Bonchev–Trinajstić information content (AvgIpc) is 2.71. The fourth-order valence-electron chi connectivity index (χ4n) is 3.29. The Morgan fingerprint density at radius 3 is 2.52 bits per heavy atom. The van der Waals surface area contributed by atoms with E-state index in [4.69, 9.17) is 4.74 Å². The van der Waals surface area contributed by atoms with E-state index in [0.717, 1.165) is 64.7 Å². The van der Waals surface area contributed by atoms with Crippen molar-refractivity contribution in [3.8, 4) is 0 Å². The molecule has 1 heterocycles. The number of benzene rings is 1. The number of morpholine rings is 1. The number of ether oxygens (including phenoxy) is 1. The van der Waals surface area contributed by atoms with Gasteiger partial charge in [0, 0.05) is 58.0 Å². The van der Waals surface area contributed by atoms with Crippen LogP contribution in [-0.4, -0.2) is 76.4 Å². The number of hydrogen-bond acceptors (Lipinski definition) is 4. The first-order chi connectivity index (χ1) is 13.0. The van der Waals surface area contributed by atoms with Crippen molar-refractivity contribution in [2.24, 2.45) is 4.99 Å². The van der Waals surface area contributed by atoms with Gasteiger partial charge >= 0.3 is 0 Å². The van der Waals surface area contributed by atoms with Gasteiger partial charge in [0.1, 0.15) is 0 Å². The summed E-state index contributed by atoms with van der Waals surface area (Å²) in [6.07, 6.45) is 2.26. The molecule has 1 aromatic carbocycles. The number of anilines is 1. The minimum atomic E-state index is 0.0831. The number of unbranched alkanes of at least 4 members (excludes halogenated alkanes) is 1. The fourth-order valence-corrected chi connectivity index (χ4v) is 3.29. The van der Waals surface area contributed by atoms with E-state index in [-0.39, 0.29) is 5.54 Å². The molecule has 0 aromatic heterocycles. The number of rotatable bonds is 9. The number of para-hydroxylation sites is 1. The van der Waals surface area contributed by atoms with Crippen molar-refractivity contribution in [2.45, 2.75) is 32.2 Å². The Balaban J connectivity index is 1.62. The van der Waals surface area contributed by atoms with E-state index >= 15 is 0 Å². The first kappa shape index (κ1) is 21.5. The summed E-state index contributed by atoms with van der Waals surface area (Å²) < 4.78 is 5.46. The fraction of sp³-hybridized carbons (Fsp3) is 0.667. The zero-order valence-corrected chi connectivity index (χ0v) is 17.5. The average molecular weight is 376 g/mol. The lowest BCUT2D eigenvalue weighted by molar-refractivity contribution is -0.00833. The smallest absolute Gasteiger partial charge is 0.191 e. The van der Waals surface area contributed by atoms with E-state index in [1.807, 2.05) is 7.05 Å². The van der Waals surface area contributed by atoms with Crippen molar-refractivity contribution < 1.29 is 4.74 Å². The largest absolute Gasteiger partial charge is 0.379 e. The highest BCUT2D eigenvalue weighted by molar-refractivity contribution is 5.79. The lowest BCUT2D eigenvalue weighted by atomic mass is 10.0. The third-order valence-corrected chi connectivity index (χ3v) is 5.19. The molecule has 0 unspecified atom stereocenters. The molecule has 0 spiro atoms. The van der Waals surface area contributed by atoms with Gasteiger partial charge in [-0.2, -0.15) is 0 Å². The number of guanidine groups is 1. The van der Waals surface area contributed by atoms with Crippen molar-refractivity contribution >= 4 is 11.6 Å². The van der Waals surface area contributed by atoms with Crippen LogP contribution in [0.5, 0.6) is 0 Å². The maximum absolute atomic E-state index is 5.46. The molecular weight excluding hydrogens is 338 g/mol. The summed E-state index contributed by atoms with van der Waals surface area (Å²) in [6, 6.07) is 10.5. The quantitative estimate of drug-likeness (QED) is 0.394. The Morgan fingerprint density at radius 1 is 1.15 bits per heavy atom. The van der Waals surface area contributed by atoms with Crippen LogP contribution in [0, 0.1) is 0 Å². The van der Waals surface area contributed by atoms with Gasteiger partial charge in [-0.3, -0.25) is 9.89 Å². The summed E-state index contributed by atoms with van der Waals surface area (Å²) in [5.74, 6) is 0.882. The Hall–Kier alpha value is -1.79. The maximum Gasteiger partial charge on any atom is 0.191 e. The molecule has 1 aliphatic rings. The van der Waals surface area contributed by atoms with Crippen LogP contribution in [-0.2, 0) is 4.74 Å². The Morgan fingerprint density at radius 2 is 1.85 bits per heavy atom. The Kier molecular flexibility index (Phi) is 8.88. The van der Waals surface area contributed by atoms with Gasteiger partial charge in [-0.1, -0.05) is 18.2 Å². The molecule has 6 heteroatoms. The zero-order valence-electron chi connectivity index (χ0n) is 17.5. The van der Waals surface area contributed by atoms with Crippen LogP contribution in [0.4, 0.5) is 5.69 Å². The molecule has 2 rings (SSSR count). The molecule has 0 bridgehead atoms. The normalized spacial score (nSPS) is 16.2. The summed E-state index contributed by atoms with van der Waals surface area (Å²) in [5.41, 5.74) is 1.35. The second kappa shape index (κ2) is 11.1. The third kappa shape index (κ3) is 7.39. The molecule has 0 amide bonds. The molecule has 27 heavy (non-hydrogen) atoms. The molecule has 0 atom stereocenters. The van der Waals surface area contributed by atoms with E-state index in [1.165, 1.54) is 5.69 Å². The van der Waals surface area contributed by atoms with Gasteiger partial charge < -0.3 is 20.3 Å². The van der Waals surface area contributed by atoms with E-state index < -0.39 is 0 Å². The lowest BCUT2D eigenvalue weighted by Crippen LogP contribution is -2.56. The molecule has 1 fully saturated rings. The predicted octanol–water partition coefficient (Wildman–Crippen LogP) is 2.18. The molecule has 2 N–H and O–H groups in total. The van der Waals surface area contributed by atoms with Crippen molar-refractivity contribution in [1.29, 1.82) is 0 Å². The number of nitrogens with one attached hydrogen (secondary N) is 2. The lowest BCUT2D eigenvalue weighted by Gasteiger charge is -2.41. The molecule has 0 saturated carbocycles. The standard InChI is InChI=1S/C21H37N5O/c1-21(2,26-14-16-27-17-15-26)18-24-20(22-3)23-12-8-9-13-25(4)19-10-6-5-7-11-19/h5-7,10-11H,8-9,12-18H2,1-4H3,(H2,22,23,24). The van der Waals surface area contributed by atoms with Crippen LogP contribution >= 0.6 is 0 Å². The van der Waals surface area contributed by atoms with Crippen LogP contribution in [0.1, 0.15) is 26.7 Å². The minimum Gasteiger partial charge on any atom is -0.379 e. The summed E-state index contributed by atoms with van der Waals surface area (Å²) >= 11 is 0. The van der Waals surface area contributed by atoms with Crippen molar-refractivity contribution in [3.63, 3.8) is 0 Å². The van der Waals surface area contributed by atoms with Crippen molar-refractivity contribution in [3.05, 3.63) is 30.3 Å². The van der Waals surface area contributed by atoms with Crippen LogP contribution in [0.15, 0.2) is 35.3 Å². The molecule has 0 aliphatic carbocycles. The second-order valence-corrected chi connectivity index (χ2v) is 7.73.